The van der Waals surface area contributed by atoms with Crippen LogP contribution >= 0.6 is 0 Å². The van der Waals surface area contributed by atoms with Gasteiger partial charge in [-0.3, -0.25) is 4.79 Å². The highest BCUT2D eigenvalue weighted by Crippen LogP contribution is 2.26. The fourth-order valence-corrected chi connectivity index (χ4v) is 3.08. The molecule has 0 radical (unpaired) electrons. The number of hydrogen-bond donors (Lipinski definition) is 0. The number of carbonyl (C=O) groups excluding carboxylic acids is 1. The van der Waals surface area contributed by atoms with E-state index in [4.69, 9.17) is 4.74 Å². The summed E-state index contributed by atoms with van der Waals surface area (Å²) in [6.45, 7) is 4.58. The molecular weight excluding hydrogens is 262 g/mol. The molecule has 114 valence electrons. The number of anilines is 1. The number of carbonyl (C=O) groups is 1. The number of allylic oxidation sites excluding steroid dienone is 2. The van der Waals surface area contributed by atoms with Gasteiger partial charge in [0.1, 0.15) is 6.10 Å². The SMILES string of the molecule is CCN(c1ccccc1)[C@@H]1CC/C=C\CC[C@H]1OC(C)=O. The zero-order chi connectivity index (χ0) is 15.1. The average Bonchev–Trinajstić information content (AvgIpc) is 2.46. The summed E-state index contributed by atoms with van der Waals surface area (Å²) in [5, 5.41) is 0. The first-order valence-electron chi connectivity index (χ1n) is 7.86. The van der Waals surface area contributed by atoms with E-state index >= 15 is 0 Å². The van der Waals surface area contributed by atoms with Crippen LogP contribution in [0.5, 0.6) is 0 Å². The molecule has 0 heterocycles. The number of para-hydroxylation sites is 1. The Hall–Kier alpha value is -1.77. The molecule has 0 unspecified atom stereocenters. The number of hydrogen-bond acceptors (Lipinski definition) is 3. The molecule has 21 heavy (non-hydrogen) atoms. The van der Waals surface area contributed by atoms with Crippen molar-refractivity contribution >= 4 is 11.7 Å². The van der Waals surface area contributed by atoms with Crippen LogP contribution in [0.4, 0.5) is 5.69 Å². The van der Waals surface area contributed by atoms with Gasteiger partial charge < -0.3 is 9.64 Å². The van der Waals surface area contributed by atoms with Crippen molar-refractivity contribution < 1.29 is 9.53 Å². The van der Waals surface area contributed by atoms with Crippen LogP contribution in [0.15, 0.2) is 42.5 Å². The molecule has 0 amide bonds. The Balaban J connectivity index is 2.24. The summed E-state index contributed by atoms with van der Waals surface area (Å²) in [6, 6.07) is 10.6. The standard InChI is InChI=1S/C18H25NO2/c1-3-19(16-11-7-6-8-12-16)17-13-9-4-5-10-14-18(17)21-15(2)20/h4-8,11-12,17-18H,3,9-10,13-14H2,1-2H3/b5-4-/t17-,18-/m1/s1. The van der Waals surface area contributed by atoms with E-state index in [9.17, 15) is 4.79 Å². The first kappa shape index (κ1) is 15.6. The Morgan fingerprint density at radius 2 is 1.86 bits per heavy atom. The van der Waals surface area contributed by atoms with Crippen LogP contribution in [-0.2, 0) is 9.53 Å². The van der Waals surface area contributed by atoms with Gasteiger partial charge in [-0.25, -0.2) is 0 Å². The molecule has 1 aliphatic rings. The van der Waals surface area contributed by atoms with Crippen molar-refractivity contribution in [1.29, 1.82) is 0 Å². The summed E-state index contributed by atoms with van der Waals surface area (Å²) >= 11 is 0. The minimum atomic E-state index is -0.182. The van der Waals surface area contributed by atoms with Gasteiger partial charge in [0, 0.05) is 19.2 Å². The molecule has 0 bridgehead atoms. The number of rotatable bonds is 4. The molecule has 0 fully saturated rings. The van der Waals surface area contributed by atoms with Crippen LogP contribution in [0.1, 0.15) is 39.5 Å². The van der Waals surface area contributed by atoms with Gasteiger partial charge in [0.25, 0.3) is 0 Å². The van der Waals surface area contributed by atoms with Crippen molar-refractivity contribution in [2.24, 2.45) is 0 Å². The number of nitrogens with zero attached hydrogens (tertiary/aromatic N) is 1. The molecule has 0 saturated heterocycles. The van der Waals surface area contributed by atoms with Crippen LogP contribution in [0.25, 0.3) is 0 Å². The third kappa shape index (κ3) is 4.35. The highest BCUT2D eigenvalue weighted by molar-refractivity contribution is 5.66. The number of benzene rings is 1. The second-order valence-electron chi connectivity index (χ2n) is 5.46. The normalized spacial score (nSPS) is 23.7. The molecule has 1 aromatic rings. The van der Waals surface area contributed by atoms with E-state index < -0.39 is 0 Å². The van der Waals surface area contributed by atoms with Gasteiger partial charge in [0.15, 0.2) is 0 Å². The maximum absolute atomic E-state index is 11.4. The molecule has 1 aliphatic carbocycles. The van der Waals surface area contributed by atoms with Crippen molar-refractivity contribution in [2.75, 3.05) is 11.4 Å². The summed E-state index contributed by atoms with van der Waals surface area (Å²) < 4.78 is 5.63. The lowest BCUT2D eigenvalue weighted by Crippen LogP contribution is -2.46. The first-order valence-corrected chi connectivity index (χ1v) is 7.86. The topological polar surface area (TPSA) is 29.5 Å². The van der Waals surface area contributed by atoms with Crippen molar-refractivity contribution in [3.8, 4) is 0 Å². The lowest BCUT2D eigenvalue weighted by atomic mass is 9.95. The Morgan fingerprint density at radius 1 is 1.19 bits per heavy atom. The van der Waals surface area contributed by atoms with E-state index in [0.29, 0.717) is 0 Å². The number of likely N-dealkylation sites (N-methyl/N-ethyl adjacent to an activating group) is 1. The van der Waals surface area contributed by atoms with Crippen molar-refractivity contribution in [1.82, 2.24) is 0 Å². The summed E-state index contributed by atoms with van der Waals surface area (Å²) in [7, 11) is 0. The Labute approximate surface area is 127 Å². The van der Waals surface area contributed by atoms with Crippen molar-refractivity contribution in [2.45, 2.75) is 51.7 Å². The third-order valence-corrected chi connectivity index (χ3v) is 3.99. The minimum absolute atomic E-state index is 0.0346. The third-order valence-electron chi connectivity index (χ3n) is 3.99. The van der Waals surface area contributed by atoms with Gasteiger partial charge >= 0.3 is 5.97 Å². The number of esters is 1. The number of ether oxygens (including phenoxy) is 1. The largest absolute Gasteiger partial charge is 0.460 e. The van der Waals surface area contributed by atoms with Gasteiger partial charge in [0.05, 0.1) is 6.04 Å². The van der Waals surface area contributed by atoms with Crippen LogP contribution in [0.2, 0.25) is 0 Å². The van der Waals surface area contributed by atoms with Gasteiger partial charge in [-0.15, -0.1) is 0 Å². The van der Waals surface area contributed by atoms with E-state index in [1.807, 2.05) is 6.07 Å². The predicted octanol–water partition coefficient (Wildman–Crippen LogP) is 3.94. The quantitative estimate of drug-likeness (QED) is 0.620. The lowest BCUT2D eigenvalue weighted by molar-refractivity contribution is -0.147. The molecule has 2 rings (SSSR count). The highest BCUT2D eigenvalue weighted by Gasteiger charge is 2.29. The molecule has 1 aromatic carbocycles. The van der Waals surface area contributed by atoms with E-state index in [-0.39, 0.29) is 18.1 Å². The fourth-order valence-electron chi connectivity index (χ4n) is 3.08. The van der Waals surface area contributed by atoms with Crippen molar-refractivity contribution in [3.63, 3.8) is 0 Å². The molecule has 0 aliphatic heterocycles. The zero-order valence-corrected chi connectivity index (χ0v) is 13.0. The predicted molar refractivity (Wildman–Crippen MR) is 86.4 cm³/mol. The van der Waals surface area contributed by atoms with Gasteiger partial charge in [-0.05, 0) is 44.7 Å². The second kappa shape index (κ2) is 7.87. The molecule has 0 saturated carbocycles. The fraction of sp³-hybridized carbons (Fsp3) is 0.500. The minimum Gasteiger partial charge on any atom is -0.460 e. The molecule has 2 atom stereocenters. The average molecular weight is 287 g/mol. The monoisotopic (exact) mass is 287 g/mol. The zero-order valence-electron chi connectivity index (χ0n) is 13.0. The maximum Gasteiger partial charge on any atom is 0.302 e. The Bertz CT molecular complexity index is 469. The van der Waals surface area contributed by atoms with Gasteiger partial charge in [0.2, 0.25) is 0 Å². The summed E-state index contributed by atoms with van der Waals surface area (Å²) in [5.74, 6) is -0.182. The van der Waals surface area contributed by atoms with Gasteiger partial charge in [-0.1, -0.05) is 30.4 Å². The maximum atomic E-state index is 11.4. The van der Waals surface area contributed by atoms with Crippen LogP contribution in [0.3, 0.4) is 0 Å². The molecule has 3 heteroatoms. The van der Waals surface area contributed by atoms with E-state index in [1.165, 1.54) is 12.6 Å². The summed E-state index contributed by atoms with van der Waals surface area (Å²) in [5.41, 5.74) is 1.20. The van der Waals surface area contributed by atoms with Crippen LogP contribution in [0, 0.1) is 0 Å². The summed E-state index contributed by atoms with van der Waals surface area (Å²) in [6.07, 6.45) is 8.32. The highest BCUT2D eigenvalue weighted by atomic mass is 16.5. The molecular formula is C18H25NO2. The van der Waals surface area contributed by atoms with Gasteiger partial charge in [-0.2, -0.15) is 0 Å². The molecule has 0 spiro atoms. The second-order valence-corrected chi connectivity index (χ2v) is 5.46. The Morgan fingerprint density at radius 3 is 2.48 bits per heavy atom. The lowest BCUT2D eigenvalue weighted by Gasteiger charge is -2.38. The molecule has 0 N–H and O–H groups in total. The van der Waals surface area contributed by atoms with Crippen LogP contribution in [-0.4, -0.2) is 24.7 Å². The molecule has 0 aromatic heterocycles. The smallest absolute Gasteiger partial charge is 0.302 e. The Kier molecular flexibility index (Phi) is 5.85. The molecule has 3 nitrogen and oxygen atoms in total. The summed E-state index contributed by atoms with van der Waals surface area (Å²) in [4.78, 5) is 13.8. The first-order chi connectivity index (χ1) is 10.2. The van der Waals surface area contributed by atoms with Crippen LogP contribution < -0.4 is 4.90 Å². The van der Waals surface area contributed by atoms with Crippen molar-refractivity contribution in [3.05, 3.63) is 42.5 Å². The van der Waals surface area contributed by atoms with E-state index in [1.54, 1.807) is 0 Å². The van der Waals surface area contributed by atoms with E-state index in [2.05, 4.69) is 48.2 Å². The van der Waals surface area contributed by atoms with E-state index in [0.717, 1.165) is 32.2 Å².